The second-order valence-corrected chi connectivity index (χ2v) is 10.3. The molecule has 7 heteroatoms. The third-order valence-electron chi connectivity index (χ3n) is 7.68. The lowest BCUT2D eigenvalue weighted by atomic mass is 9.49. The highest BCUT2D eigenvalue weighted by molar-refractivity contribution is 5.98. The molecule has 7 nitrogen and oxygen atoms in total. The summed E-state index contributed by atoms with van der Waals surface area (Å²) < 4.78 is 11.6. The van der Waals surface area contributed by atoms with Gasteiger partial charge >= 0.3 is 11.9 Å². The van der Waals surface area contributed by atoms with E-state index >= 15 is 0 Å². The summed E-state index contributed by atoms with van der Waals surface area (Å²) in [5.41, 5.74) is 0.145. The minimum absolute atomic E-state index is 0.0450. The number of aliphatic hydroxyl groups is 2. The zero-order valence-corrected chi connectivity index (χ0v) is 19.2. The molecule has 7 atom stereocenters. The van der Waals surface area contributed by atoms with Crippen LogP contribution in [0, 0.1) is 22.7 Å². The minimum atomic E-state index is -0.994. The average Bonchev–Trinajstić information content (AvgIpc) is 2.57. The molecule has 0 aromatic heterocycles. The van der Waals surface area contributed by atoms with Crippen LogP contribution in [0.4, 0.5) is 0 Å². The summed E-state index contributed by atoms with van der Waals surface area (Å²) in [5.74, 6) is -2.29. The van der Waals surface area contributed by atoms with Crippen LogP contribution >= 0.6 is 0 Å². The number of hydrogen-bond donors (Lipinski definition) is 2. The predicted molar refractivity (Wildman–Crippen MR) is 113 cm³/mol. The number of ether oxygens (including phenoxy) is 2. The quantitative estimate of drug-likeness (QED) is 0.507. The Morgan fingerprint density at radius 2 is 1.68 bits per heavy atom. The van der Waals surface area contributed by atoms with Gasteiger partial charge in [-0.15, -0.1) is 0 Å². The molecule has 0 aromatic rings. The normalized spacial score (nSPS) is 39.9. The molecule has 2 bridgehead atoms. The van der Waals surface area contributed by atoms with E-state index in [2.05, 4.69) is 6.58 Å². The van der Waals surface area contributed by atoms with Crippen LogP contribution < -0.4 is 0 Å². The SMILES string of the molecule is C=C1[C@@H](O)C[C@H](O)[C@@]2(C)CC(=O)C3=C(C)C[C@H](OC(C)=O)[C@@H]([C@@H](OC(C)=O)[C@H]12)C3(C)C. The van der Waals surface area contributed by atoms with Gasteiger partial charge in [0.1, 0.15) is 12.2 Å². The van der Waals surface area contributed by atoms with Crippen LogP contribution in [0.2, 0.25) is 0 Å². The maximum absolute atomic E-state index is 13.6. The number of fused-ring (bicyclic) bond motifs is 3. The molecule has 3 rings (SSSR count). The molecule has 0 aromatic carbocycles. The molecule has 0 saturated heterocycles. The number of rotatable bonds is 2. The van der Waals surface area contributed by atoms with Crippen LogP contribution in [0.5, 0.6) is 0 Å². The van der Waals surface area contributed by atoms with Crippen molar-refractivity contribution >= 4 is 17.7 Å². The van der Waals surface area contributed by atoms with Gasteiger partial charge in [-0.2, -0.15) is 0 Å². The summed E-state index contributed by atoms with van der Waals surface area (Å²) in [7, 11) is 0. The Balaban J connectivity index is 2.31. The number of carbonyl (C=O) groups excluding carboxylic acids is 3. The molecule has 3 aliphatic rings. The van der Waals surface area contributed by atoms with Crippen LogP contribution in [0.15, 0.2) is 23.3 Å². The van der Waals surface area contributed by atoms with Crippen molar-refractivity contribution in [3.8, 4) is 0 Å². The van der Waals surface area contributed by atoms with Crippen LogP contribution in [-0.2, 0) is 23.9 Å². The molecule has 31 heavy (non-hydrogen) atoms. The van der Waals surface area contributed by atoms with E-state index in [0.717, 1.165) is 5.57 Å². The standard InChI is InChI=1S/C24H34O7/c1-11-8-17(30-13(3)25)21-22(31-14(4)26)20-12(2)15(27)9-18(29)24(20,7)10-16(28)19(11)23(21,5)6/h15,17-18,20-22,27,29H,2,8-10H2,1,3-7H3/t15-,17-,18-,20-,21-,22-,24+/m0/s1. The first-order chi connectivity index (χ1) is 14.2. The van der Waals surface area contributed by atoms with Crippen LogP contribution in [0.3, 0.4) is 0 Å². The molecule has 2 N–H and O–H groups in total. The molecule has 3 aliphatic carbocycles. The van der Waals surface area contributed by atoms with Crippen LogP contribution in [-0.4, -0.2) is 52.4 Å². The van der Waals surface area contributed by atoms with E-state index in [9.17, 15) is 24.6 Å². The number of Topliss-reactive ketones (excluding diaryl/α,β-unsaturated/α-hetero) is 1. The zero-order valence-electron chi connectivity index (χ0n) is 19.2. The van der Waals surface area contributed by atoms with E-state index < -0.39 is 59.0 Å². The van der Waals surface area contributed by atoms with Gasteiger partial charge in [0.2, 0.25) is 0 Å². The number of allylic oxidation sites excluding steroid dienone is 1. The van der Waals surface area contributed by atoms with Crippen LogP contribution in [0.25, 0.3) is 0 Å². The number of aliphatic hydroxyl groups excluding tert-OH is 2. The molecular formula is C24H34O7. The highest BCUT2D eigenvalue weighted by Gasteiger charge is 2.62. The highest BCUT2D eigenvalue weighted by Crippen LogP contribution is 2.59. The highest BCUT2D eigenvalue weighted by atomic mass is 16.6. The first kappa shape index (κ1) is 23.7. The van der Waals surface area contributed by atoms with E-state index in [4.69, 9.17) is 9.47 Å². The maximum Gasteiger partial charge on any atom is 0.302 e. The number of hydrogen-bond acceptors (Lipinski definition) is 7. The van der Waals surface area contributed by atoms with Gasteiger partial charge < -0.3 is 19.7 Å². The largest absolute Gasteiger partial charge is 0.462 e. The number of esters is 2. The van der Waals surface area contributed by atoms with Gasteiger partial charge in [0.25, 0.3) is 0 Å². The Morgan fingerprint density at radius 3 is 2.23 bits per heavy atom. The smallest absolute Gasteiger partial charge is 0.302 e. The summed E-state index contributed by atoms with van der Waals surface area (Å²) >= 11 is 0. The topological polar surface area (TPSA) is 110 Å². The lowest BCUT2D eigenvalue weighted by Crippen LogP contribution is -2.62. The van der Waals surface area contributed by atoms with Crippen molar-refractivity contribution in [3.63, 3.8) is 0 Å². The molecule has 2 saturated carbocycles. The lowest BCUT2D eigenvalue weighted by molar-refractivity contribution is -0.187. The van der Waals surface area contributed by atoms with Crippen molar-refractivity contribution in [1.82, 2.24) is 0 Å². The Morgan fingerprint density at radius 1 is 1.10 bits per heavy atom. The van der Waals surface area contributed by atoms with Crippen molar-refractivity contribution in [3.05, 3.63) is 23.3 Å². The summed E-state index contributed by atoms with van der Waals surface area (Å²) in [6, 6.07) is 0. The average molecular weight is 435 g/mol. The van der Waals surface area contributed by atoms with Crippen molar-refractivity contribution in [2.24, 2.45) is 22.7 Å². The fourth-order valence-electron chi connectivity index (χ4n) is 6.52. The van der Waals surface area contributed by atoms with Gasteiger partial charge in [-0.05, 0) is 12.5 Å². The summed E-state index contributed by atoms with van der Waals surface area (Å²) in [5, 5.41) is 21.6. The third-order valence-corrected chi connectivity index (χ3v) is 7.68. The molecule has 0 spiro atoms. The van der Waals surface area contributed by atoms with Gasteiger partial charge in [0.15, 0.2) is 5.78 Å². The van der Waals surface area contributed by atoms with Gasteiger partial charge in [-0.25, -0.2) is 0 Å². The zero-order chi connectivity index (χ0) is 23.5. The van der Waals surface area contributed by atoms with Gasteiger partial charge in [0.05, 0.1) is 12.2 Å². The van der Waals surface area contributed by atoms with E-state index in [0.29, 0.717) is 17.6 Å². The minimum Gasteiger partial charge on any atom is -0.462 e. The van der Waals surface area contributed by atoms with Gasteiger partial charge in [-0.1, -0.05) is 32.9 Å². The van der Waals surface area contributed by atoms with Crippen LogP contribution in [0.1, 0.15) is 60.8 Å². The van der Waals surface area contributed by atoms with E-state index in [1.807, 2.05) is 20.8 Å². The Kier molecular flexibility index (Phi) is 6.00. The Hall–Kier alpha value is -1.99. The maximum atomic E-state index is 13.6. The second kappa shape index (κ2) is 7.85. The predicted octanol–water partition coefficient (Wildman–Crippen LogP) is 2.49. The van der Waals surface area contributed by atoms with Crippen molar-refractivity contribution in [2.75, 3.05) is 0 Å². The molecule has 172 valence electrons. The van der Waals surface area contributed by atoms with Crippen molar-refractivity contribution < 1.29 is 34.1 Å². The van der Waals surface area contributed by atoms with E-state index in [-0.39, 0.29) is 18.6 Å². The molecule has 0 aliphatic heterocycles. The Labute approximate surface area is 183 Å². The molecule has 0 amide bonds. The molecule has 0 unspecified atom stereocenters. The summed E-state index contributed by atoms with van der Waals surface area (Å²) in [4.78, 5) is 37.7. The third kappa shape index (κ3) is 3.76. The molecule has 0 radical (unpaired) electrons. The fraction of sp³-hybridized carbons (Fsp3) is 0.708. The number of ketones is 1. The monoisotopic (exact) mass is 434 g/mol. The van der Waals surface area contributed by atoms with E-state index in [1.165, 1.54) is 13.8 Å². The van der Waals surface area contributed by atoms with E-state index in [1.54, 1.807) is 6.92 Å². The Bertz CT molecular complexity index is 854. The number of carbonyl (C=O) groups is 3. The first-order valence-electron chi connectivity index (χ1n) is 10.8. The van der Waals surface area contributed by atoms with Crippen molar-refractivity contribution in [1.29, 1.82) is 0 Å². The molecule has 2 fully saturated rings. The molecular weight excluding hydrogens is 400 g/mol. The fourth-order valence-corrected chi connectivity index (χ4v) is 6.52. The second-order valence-electron chi connectivity index (χ2n) is 10.3. The van der Waals surface area contributed by atoms with Crippen molar-refractivity contribution in [2.45, 2.75) is 85.2 Å². The summed E-state index contributed by atoms with van der Waals surface area (Å²) in [6.07, 6.45) is -2.98. The molecule has 0 heterocycles. The summed E-state index contributed by atoms with van der Waals surface area (Å²) in [6.45, 7) is 14.2. The first-order valence-corrected chi connectivity index (χ1v) is 10.8. The lowest BCUT2D eigenvalue weighted by Gasteiger charge is -2.57. The van der Waals surface area contributed by atoms with Gasteiger partial charge in [0, 0.05) is 61.3 Å². The van der Waals surface area contributed by atoms with Gasteiger partial charge in [-0.3, -0.25) is 14.4 Å².